The minimum absolute atomic E-state index is 0.0291. The number of aliphatic hydroxyl groups is 3. The molecule has 3 N–H and O–H groups in total. The van der Waals surface area contributed by atoms with Gasteiger partial charge in [0.1, 0.15) is 0 Å². The minimum Gasteiger partial charge on any atom is -0.395 e. The van der Waals surface area contributed by atoms with Crippen LogP contribution in [0.15, 0.2) is 11.6 Å². The van der Waals surface area contributed by atoms with Gasteiger partial charge in [-0.3, -0.25) is 4.79 Å². The summed E-state index contributed by atoms with van der Waals surface area (Å²) in [6, 6.07) is 0. The van der Waals surface area contributed by atoms with Gasteiger partial charge in [-0.2, -0.15) is 0 Å². The molecule has 0 amide bonds. The van der Waals surface area contributed by atoms with Crippen molar-refractivity contribution in [1.29, 1.82) is 0 Å². The van der Waals surface area contributed by atoms with Gasteiger partial charge in [-0.25, -0.2) is 0 Å². The van der Waals surface area contributed by atoms with Crippen LogP contribution >= 0.6 is 15.9 Å². The highest BCUT2D eigenvalue weighted by Crippen LogP contribution is 2.64. The van der Waals surface area contributed by atoms with Crippen LogP contribution in [0.25, 0.3) is 0 Å². The van der Waals surface area contributed by atoms with Crippen molar-refractivity contribution in [3.8, 4) is 0 Å². The van der Waals surface area contributed by atoms with Crippen molar-refractivity contribution in [2.75, 3.05) is 6.61 Å². The van der Waals surface area contributed by atoms with Crippen LogP contribution in [-0.2, 0) is 4.79 Å². The molecule has 0 aromatic heterocycles. The Hall–Kier alpha value is -0.230. The van der Waals surface area contributed by atoms with Gasteiger partial charge in [0, 0.05) is 10.8 Å². The van der Waals surface area contributed by atoms with Gasteiger partial charge in [0.15, 0.2) is 5.78 Å². The molecule has 3 fully saturated rings. The van der Waals surface area contributed by atoms with E-state index < -0.39 is 6.10 Å². The fourth-order valence-electron chi connectivity index (χ4n) is 6.49. The van der Waals surface area contributed by atoms with Crippen LogP contribution in [-0.4, -0.2) is 44.7 Å². The van der Waals surface area contributed by atoms with Gasteiger partial charge in [0.05, 0.1) is 23.6 Å². The zero-order valence-corrected chi connectivity index (χ0v) is 15.7. The van der Waals surface area contributed by atoms with E-state index in [0.717, 1.165) is 31.3 Å². The molecule has 4 unspecified atom stereocenters. The fraction of sp³-hybridized carbons (Fsp3) is 0.842. The van der Waals surface area contributed by atoms with Gasteiger partial charge in [-0.15, -0.1) is 0 Å². The van der Waals surface area contributed by atoms with Crippen molar-refractivity contribution in [1.82, 2.24) is 0 Å². The Balaban J connectivity index is 1.77. The van der Waals surface area contributed by atoms with Crippen LogP contribution in [0.5, 0.6) is 0 Å². The van der Waals surface area contributed by atoms with Gasteiger partial charge in [0.25, 0.3) is 0 Å². The summed E-state index contributed by atoms with van der Waals surface area (Å²) in [7, 11) is 0. The number of hydrogen-bond acceptors (Lipinski definition) is 4. The molecule has 8 atom stereocenters. The molecule has 0 spiro atoms. The molecule has 4 rings (SSSR count). The van der Waals surface area contributed by atoms with Crippen LogP contribution in [0.3, 0.4) is 0 Å². The Kier molecular flexibility index (Phi) is 4.04. The number of aliphatic hydroxyl groups excluding tert-OH is 3. The maximum Gasteiger partial charge on any atom is 0.152 e. The minimum atomic E-state index is -0.579. The van der Waals surface area contributed by atoms with Crippen molar-refractivity contribution in [3.05, 3.63) is 11.6 Å². The molecule has 0 aromatic carbocycles. The zero-order chi connectivity index (χ0) is 17.3. The molecule has 0 heterocycles. The fourth-order valence-corrected chi connectivity index (χ4v) is 7.41. The van der Waals surface area contributed by atoms with Gasteiger partial charge < -0.3 is 15.3 Å². The highest BCUT2D eigenvalue weighted by molar-refractivity contribution is 9.10. The normalized spacial score (nSPS) is 53.9. The lowest BCUT2D eigenvalue weighted by atomic mass is 9.47. The third-order valence-electron chi connectivity index (χ3n) is 7.81. The summed E-state index contributed by atoms with van der Waals surface area (Å²) in [4.78, 5) is 12.6. The maximum absolute atomic E-state index is 12.7. The van der Waals surface area contributed by atoms with Crippen molar-refractivity contribution in [3.63, 3.8) is 0 Å². The van der Waals surface area contributed by atoms with E-state index in [4.69, 9.17) is 0 Å². The summed E-state index contributed by atoms with van der Waals surface area (Å²) in [6.45, 7) is 2.15. The van der Waals surface area contributed by atoms with Gasteiger partial charge in [-0.1, -0.05) is 34.5 Å². The summed E-state index contributed by atoms with van der Waals surface area (Å²) in [5.74, 6) is 0.677. The Bertz CT molecular complexity index is 590. The van der Waals surface area contributed by atoms with Gasteiger partial charge >= 0.3 is 0 Å². The first kappa shape index (κ1) is 17.2. The largest absolute Gasteiger partial charge is 0.395 e. The summed E-state index contributed by atoms with van der Waals surface area (Å²) < 4.78 is 0. The number of fused-ring (bicyclic) bond motifs is 5. The lowest BCUT2D eigenvalue weighted by Crippen LogP contribution is -2.56. The molecule has 0 bridgehead atoms. The second kappa shape index (κ2) is 5.63. The van der Waals surface area contributed by atoms with Crippen LogP contribution in [0.1, 0.15) is 45.4 Å². The van der Waals surface area contributed by atoms with Crippen LogP contribution in [0.4, 0.5) is 0 Å². The Morgan fingerprint density at radius 1 is 1.25 bits per heavy atom. The lowest BCUT2D eigenvalue weighted by Gasteiger charge is -2.58. The molecule has 4 aliphatic rings. The molecule has 0 aromatic rings. The number of rotatable bonds is 1. The topological polar surface area (TPSA) is 77.8 Å². The first-order valence-corrected chi connectivity index (χ1v) is 10.1. The van der Waals surface area contributed by atoms with E-state index in [1.54, 1.807) is 0 Å². The first-order chi connectivity index (χ1) is 11.3. The van der Waals surface area contributed by atoms with E-state index >= 15 is 0 Å². The Morgan fingerprint density at radius 3 is 2.71 bits per heavy atom. The van der Waals surface area contributed by atoms with Crippen molar-refractivity contribution in [2.24, 2.45) is 28.6 Å². The van der Waals surface area contributed by atoms with Crippen molar-refractivity contribution >= 4 is 21.7 Å². The number of halogens is 1. The predicted molar refractivity (Wildman–Crippen MR) is 93.6 cm³/mol. The van der Waals surface area contributed by atoms with Crippen molar-refractivity contribution < 1.29 is 20.1 Å². The quantitative estimate of drug-likeness (QED) is 0.467. The zero-order valence-electron chi connectivity index (χ0n) is 14.1. The van der Waals surface area contributed by atoms with Crippen LogP contribution < -0.4 is 0 Å². The van der Waals surface area contributed by atoms with Crippen molar-refractivity contribution in [2.45, 2.75) is 62.5 Å². The molecule has 4 nitrogen and oxygen atoms in total. The second-order valence-corrected chi connectivity index (χ2v) is 9.81. The summed E-state index contributed by atoms with van der Waals surface area (Å²) in [6.07, 6.45) is 5.48. The van der Waals surface area contributed by atoms with E-state index in [1.165, 1.54) is 0 Å². The molecule has 134 valence electrons. The standard InChI is InChI=1S/C19H27BrO4/c1-18-4-3-12-16(13(18)8-14(20)17(18)24)15(23)7-10-6-11(22)2-5-19(10,12)9-21/h7,11-16,21-23H,2-6,8-9H2,1H3/t11-,12?,13?,14+,15?,16?,18-,19+/m0/s1. The van der Waals surface area contributed by atoms with E-state index in [0.29, 0.717) is 12.8 Å². The van der Waals surface area contributed by atoms with Crippen LogP contribution in [0.2, 0.25) is 0 Å². The number of carbonyl (C=O) groups excluding carboxylic acids is 1. The van der Waals surface area contributed by atoms with Gasteiger partial charge in [0.2, 0.25) is 0 Å². The monoisotopic (exact) mass is 398 g/mol. The SMILES string of the molecule is C[C@]12CCC3C(C(O)C=C4C[C@@H](O)CC[C@@]43CO)C1C[C@@H](Br)C2=O. The molecule has 4 aliphatic carbocycles. The summed E-state index contributed by atoms with van der Waals surface area (Å²) in [5.41, 5.74) is 0.380. The Labute approximate surface area is 151 Å². The third kappa shape index (κ3) is 2.11. The van der Waals surface area contributed by atoms with E-state index in [9.17, 15) is 20.1 Å². The summed E-state index contributed by atoms with van der Waals surface area (Å²) in [5, 5.41) is 31.3. The van der Waals surface area contributed by atoms with E-state index in [-0.39, 0.29) is 51.9 Å². The molecular weight excluding hydrogens is 372 g/mol. The highest BCUT2D eigenvalue weighted by Gasteiger charge is 2.63. The van der Waals surface area contributed by atoms with E-state index in [2.05, 4.69) is 22.9 Å². The highest BCUT2D eigenvalue weighted by atomic mass is 79.9. The number of hydrogen-bond donors (Lipinski definition) is 3. The third-order valence-corrected chi connectivity index (χ3v) is 8.60. The molecule has 5 heteroatoms. The maximum atomic E-state index is 12.7. The molecular formula is C19H27BrO4. The number of carbonyl (C=O) groups is 1. The molecule has 0 saturated heterocycles. The average molecular weight is 399 g/mol. The first-order valence-electron chi connectivity index (χ1n) is 9.20. The predicted octanol–water partition coefficient (Wildman–Crippen LogP) is 2.20. The average Bonchev–Trinajstić information content (AvgIpc) is 2.78. The Morgan fingerprint density at radius 2 is 2.00 bits per heavy atom. The molecule has 3 saturated carbocycles. The molecule has 0 radical (unpaired) electrons. The second-order valence-electron chi connectivity index (χ2n) is 8.71. The van der Waals surface area contributed by atoms with Gasteiger partial charge in [-0.05, 0) is 56.3 Å². The summed E-state index contributed by atoms with van der Waals surface area (Å²) >= 11 is 3.54. The van der Waals surface area contributed by atoms with Crippen LogP contribution in [0, 0.1) is 28.6 Å². The number of Topliss-reactive ketones (excluding diaryl/α,β-unsaturated/α-hetero) is 1. The number of alkyl halides is 1. The van der Waals surface area contributed by atoms with E-state index in [1.807, 2.05) is 6.08 Å². The molecule has 0 aliphatic heterocycles. The number of ketones is 1. The lowest BCUT2D eigenvalue weighted by molar-refractivity contribution is -0.138. The molecule has 24 heavy (non-hydrogen) atoms. The smallest absolute Gasteiger partial charge is 0.152 e.